The van der Waals surface area contributed by atoms with Gasteiger partial charge in [-0.05, 0) is 89.7 Å². The van der Waals surface area contributed by atoms with Crippen molar-refractivity contribution in [2.45, 2.75) is 79.4 Å². The predicted octanol–water partition coefficient (Wildman–Crippen LogP) is 11.4. The molecule has 0 aliphatic rings. The molecule has 0 saturated carbocycles. The fraction of sp³-hybridized carbons (Fsp3) is 0.267. The Morgan fingerprint density at radius 1 is 0.780 bits per heavy atom. The molecule has 7 rings (SSSR count). The van der Waals surface area contributed by atoms with E-state index in [4.69, 9.17) is 11.3 Å². The Kier molecular flexibility index (Phi) is 9.00. The standard InChI is InChI=1S/C31H31N2O.C14H14N.Ir/c1-20-10-15-25-24-8-7-9-26(28(24)34-29(25)33-20)27-18-23(16-17-32-27)31(5,6)19-21-11-13-22(14-12-21)30(2,3)4;1-10-4-6-13(7-5-10)14-8-11(2)12(3)9-15-14;/h7-8,10-18H,19H2,1-6H3;4-6,8-9H,1-3H3;/q2*-1;/i1D3,19D2;;. The molecule has 0 atom stereocenters. The van der Waals surface area contributed by atoms with E-state index in [1.165, 1.54) is 22.8 Å². The van der Waals surface area contributed by atoms with E-state index in [0.717, 1.165) is 27.8 Å². The van der Waals surface area contributed by atoms with Crippen molar-refractivity contribution >= 4 is 22.1 Å². The van der Waals surface area contributed by atoms with Crippen LogP contribution in [0.4, 0.5) is 0 Å². The van der Waals surface area contributed by atoms with Crippen molar-refractivity contribution in [3.63, 3.8) is 0 Å². The number of fused-ring (bicyclic) bond motifs is 3. The molecule has 4 aromatic heterocycles. The number of rotatable bonds is 5. The Hall–Kier alpha value is -4.44. The van der Waals surface area contributed by atoms with E-state index >= 15 is 0 Å². The van der Waals surface area contributed by atoms with Gasteiger partial charge in [0.2, 0.25) is 5.71 Å². The molecule has 5 heteroatoms. The molecule has 0 bridgehead atoms. The first-order valence-electron chi connectivity index (χ1n) is 19.0. The third-order valence-corrected chi connectivity index (χ3v) is 8.86. The zero-order valence-electron chi connectivity index (χ0n) is 34.8. The van der Waals surface area contributed by atoms with Crippen LogP contribution in [0.5, 0.6) is 0 Å². The molecule has 0 aliphatic carbocycles. The van der Waals surface area contributed by atoms with Gasteiger partial charge in [-0.1, -0.05) is 94.5 Å². The predicted molar refractivity (Wildman–Crippen MR) is 203 cm³/mol. The third kappa shape index (κ3) is 8.12. The van der Waals surface area contributed by atoms with Gasteiger partial charge in [0.25, 0.3) is 0 Å². The smallest absolute Gasteiger partial charge is 0.216 e. The Bertz CT molecular complexity index is 2450. The second-order valence-electron chi connectivity index (χ2n) is 14.2. The maximum absolute atomic E-state index is 9.15. The third-order valence-electron chi connectivity index (χ3n) is 8.86. The van der Waals surface area contributed by atoms with Crippen LogP contribution < -0.4 is 0 Å². The molecule has 0 spiro atoms. The van der Waals surface area contributed by atoms with E-state index in [9.17, 15) is 0 Å². The topological polar surface area (TPSA) is 51.8 Å². The fourth-order valence-electron chi connectivity index (χ4n) is 5.69. The number of furan rings is 1. The number of pyridine rings is 3. The molecule has 50 heavy (non-hydrogen) atoms. The van der Waals surface area contributed by atoms with Crippen LogP contribution in [0.15, 0.2) is 102 Å². The molecule has 4 heterocycles. The Morgan fingerprint density at radius 2 is 1.56 bits per heavy atom. The zero-order chi connectivity index (χ0) is 39.2. The second kappa shape index (κ2) is 14.8. The van der Waals surface area contributed by atoms with Crippen molar-refractivity contribution in [1.82, 2.24) is 15.0 Å². The molecule has 3 aromatic carbocycles. The summed E-state index contributed by atoms with van der Waals surface area (Å²) in [6.45, 7) is 14.1. The molecular formula is C45H45IrN3O-2. The van der Waals surface area contributed by atoms with Crippen LogP contribution in [0.1, 0.15) is 80.5 Å². The Labute approximate surface area is 317 Å². The summed E-state index contributed by atoms with van der Waals surface area (Å²) in [6, 6.07) is 33.0. The molecule has 1 radical (unpaired) electrons. The van der Waals surface area contributed by atoms with E-state index in [-0.39, 0.29) is 36.9 Å². The number of benzene rings is 3. The molecular weight excluding hydrogens is 791 g/mol. The first-order chi connectivity index (χ1) is 25.3. The summed E-state index contributed by atoms with van der Waals surface area (Å²) in [4.78, 5) is 13.2. The van der Waals surface area contributed by atoms with Crippen LogP contribution >= 0.6 is 0 Å². The summed E-state index contributed by atoms with van der Waals surface area (Å²) < 4.78 is 47.4. The Balaban J connectivity index is 0.000000304. The van der Waals surface area contributed by atoms with Gasteiger partial charge in [0.1, 0.15) is 0 Å². The summed E-state index contributed by atoms with van der Waals surface area (Å²) in [5.41, 5.74) is 9.32. The number of hydrogen-bond donors (Lipinski definition) is 0. The molecule has 0 aliphatic heterocycles. The van der Waals surface area contributed by atoms with Gasteiger partial charge in [-0.3, -0.25) is 0 Å². The van der Waals surface area contributed by atoms with Gasteiger partial charge >= 0.3 is 0 Å². The average Bonchev–Trinajstić information content (AvgIpc) is 3.51. The molecule has 4 nitrogen and oxygen atoms in total. The fourth-order valence-corrected chi connectivity index (χ4v) is 5.69. The first kappa shape index (κ1) is 30.4. The van der Waals surface area contributed by atoms with Crippen molar-refractivity contribution in [2.24, 2.45) is 0 Å². The number of aromatic nitrogens is 3. The van der Waals surface area contributed by atoms with Crippen molar-refractivity contribution in [3.8, 4) is 22.5 Å². The minimum absolute atomic E-state index is 0. The summed E-state index contributed by atoms with van der Waals surface area (Å²) >= 11 is 0. The molecule has 0 unspecified atom stereocenters. The maximum atomic E-state index is 9.15. The van der Waals surface area contributed by atoms with Crippen LogP contribution in [-0.2, 0) is 37.3 Å². The Morgan fingerprint density at radius 3 is 2.24 bits per heavy atom. The van der Waals surface area contributed by atoms with Crippen LogP contribution in [0.2, 0.25) is 0 Å². The van der Waals surface area contributed by atoms with Crippen molar-refractivity contribution in [2.75, 3.05) is 0 Å². The van der Waals surface area contributed by atoms with Crippen LogP contribution in [0.25, 0.3) is 44.6 Å². The normalized spacial score (nSPS) is 13.6. The molecule has 0 fully saturated rings. The molecule has 0 amide bonds. The summed E-state index contributed by atoms with van der Waals surface area (Å²) in [7, 11) is 0. The van der Waals surface area contributed by atoms with Gasteiger partial charge in [0.05, 0.1) is 5.58 Å². The number of nitrogens with zero attached hydrogens (tertiary/aromatic N) is 3. The second-order valence-corrected chi connectivity index (χ2v) is 14.2. The average molecular weight is 841 g/mol. The van der Waals surface area contributed by atoms with E-state index in [1.54, 1.807) is 18.3 Å². The van der Waals surface area contributed by atoms with E-state index in [0.29, 0.717) is 27.8 Å². The quantitative estimate of drug-likeness (QED) is 0.162. The zero-order valence-corrected chi connectivity index (χ0v) is 32.2. The van der Waals surface area contributed by atoms with Crippen LogP contribution in [0, 0.1) is 39.8 Å². The van der Waals surface area contributed by atoms with E-state index < -0.39 is 18.6 Å². The van der Waals surface area contributed by atoms with Crippen LogP contribution in [-0.4, -0.2) is 15.0 Å². The van der Waals surface area contributed by atoms with E-state index in [2.05, 4.69) is 86.8 Å². The number of aryl methyl sites for hydroxylation is 4. The molecule has 257 valence electrons. The summed E-state index contributed by atoms with van der Waals surface area (Å²) in [5.74, 6) is 0. The monoisotopic (exact) mass is 841 g/mol. The van der Waals surface area contributed by atoms with Gasteiger partial charge in [-0.25, -0.2) is 4.98 Å². The van der Waals surface area contributed by atoms with E-state index in [1.807, 2.05) is 68.6 Å². The van der Waals surface area contributed by atoms with Gasteiger partial charge in [-0.15, -0.1) is 53.6 Å². The molecule has 0 saturated heterocycles. The van der Waals surface area contributed by atoms with Crippen molar-refractivity contribution in [1.29, 1.82) is 0 Å². The van der Waals surface area contributed by atoms with Crippen molar-refractivity contribution < 1.29 is 31.4 Å². The van der Waals surface area contributed by atoms with Gasteiger partial charge in [0, 0.05) is 50.4 Å². The molecule has 7 aromatic rings. The largest absolute Gasteiger partial charge is 0.486 e. The minimum Gasteiger partial charge on any atom is -0.486 e. The first-order valence-corrected chi connectivity index (χ1v) is 16.5. The maximum Gasteiger partial charge on any atom is 0.216 e. The minimum atomic E-state index is -2.34. The van der Waals surface area contributed by atoms with Crippen molar-refractivity contribution in [3.05, 3.63) is 149 Å². The van der Waals surface area contributed by atoms with Gasteiger partial charge < -0.3 is 14.4 Å². The summed E-state index contributed by atoms with van der Waals surface area (Å²) in [6.07, 6.45) is 1.91. The number of hydrogen-bond acceptors (Lipinski definition) is 4. The van der Waals surface area contributed by atoms with Gasteiger partial charge in [0.15, 0.2) is 0 Å². The van der Waals surface area contributed by atoms with Crippen LogP contribution in [0.3, 0.4) is 0 Å². The van der Waals surface area contributed by atoms with Gasteiger partial charge in [-0.2, -0.15) is 0 Å². The summed E-state index contributed by atoms with van der Waals surface area (Å²) in [5, 5.41) is 1.49. The SMILES string of the molecule is Cc1c[c-]c(-c2cc(C)c(C)cn2)cc1.[2H]C([2H])([2H])c1ccc2c(n1)oc1c(-c3cc(C(C)(C)C([2H])([2H])c4ccc(C(C)(C)C)cc4)ccn3)[c-]ccc12.[Ir]. The molecule has 0 N–H and O–H groups in total.